The average molecular weight is 419 g/mol. The van der Waals surface area contributed by atoms with Gasteiger partial charge in [-0.2, -0.15) is 0 Å². The lowest BCUT2D eigenvalue weighted by molar-refractivity contribution is -0.139. The number of amides is 3. The average Bonchev–Trinajstić information content (AvgIpc) is 2.71. The van der Waals surface area contributed by atoms with Crippen LogP contribution in [0.3, 0.4) is 0 Å². The van der Waals surface area contributed by atoms with Gasteiger partial charge in [0.2, 0.25) is 0 Å². The van der Waals surface area contributed by atoms with Gasteiger partial charge < -0.3 is 24.8 Å². The maximum Gasteiger partial charge on any atom is 0.411 e. The molecule has 0 saturated carbocycles. The maximum absolute atomic E-state index is 12.5. The zero-order valence-electron chi connectivity index (χ0n) is 17.1. The molecule has 3 N–H and O–H groups in total. The van der Waals surface area contributed by atoms with Crippen molar-refractivity contribution >= 4 is 29.8 Å². The lowest BCUT2D eigenvalue weighted by atomic mass is 10.0. The molecule has 3 amide bonds. The third-order valence-corrected chi connectivity index (χ3v) is 4.11. The number of urea groups is 1. The Morgan fingerprint density at radius 2 is 1.77 bits per heavy atom. The Hall–Kier alpha value is -3.56. The minimum atomic E-state index is -0.695. The normalized spacial score (nSPS) is 15.6. The van der Waals surface area contributed by atoms with Crippen molar-refractivity contribution in [1.29, 1.82) is 0 Å². The van der Waals surface area contributed by atoms with Crippen LogP contribution in [0.15, 0.2) is 35.5 Å². The van der Waals surface area contributed by atoms with Gasteiger partial charge in [0, 0.05) is 5.69 Å². The third kappa shape index (κ3) is 5.97. The predicted molar refractivity (Wildman–Crippen MR) is 107 cm³/mol. The molecule has 1 aliphatic heterocycles. The molecule has 30 heavy (non-hydrogen) atoms. The number of hydrogen-bond donors (Lipinski definition) is 3. The van der Waals surface area contributed by atoms with Gasteiger partial charge in [0.1, 0.15) is 6.61 Å². The van der Waals surface area contributed by atoms with Crippen molar-refractivity contribution in [2.45, 2.75) is 33.2 Å². The molecule has 10 heteroatoms. The molecule has 0 aromatic heterocycles. The summed E-state index contributed by atoms with van der Waals surface area (Å²) in [5.74, 6) is -1.29. The molecule has 1 heterocycles. The van der Waals surface area contributed by atoms with Crippen LogP contribution in [0.25, 0.3) is 0 Å². The van der Waals surface area contributed by atoms with Crippen molar-refractivity contribution in [2.24, 2.45) is 0 Å². The zero-order valence-corrected chi connectivity index (χ0v) is 17.1. The lowest BCUT2D eigenvalue weighted by Crippen LogP contribution is -2.51. The van der Waals surface area contributed by atoms with Gasteiger partial charge in [0.05, 0.1) is 36.1 Å². The number of ether oxygens (including phenoxy) is 3. The molecule has 1 aromatic rings. The van der Waals surface area contributed by atoms with Crippen LogP contribution >= 0.6 is 0 Å². The van der Waals surface area contributed by atoms with Gasteiger partial charge in [-0.05, 0) is 38.5 Å². The zero-order chi connectivity index (χ0) is 22.1. The Kier molecular flexibility index (Phi) is 8.21. The van der Waals surface area contributed by atoms with Crippen molar-refractivity contribution in [3.05, 3.63) is 41.1 Å². The van der Waals surface area contributed by atoms with E-state index in [0.29, 0.717) is 12.1 Å². The fourth-order valence-corrected chi connectivity index (χ4v) is 2.81. The van der Waals surface area contributed by atoms with Gasteiger partial charge in [-0.25, -0.2) is 19.2 Å². The van der Waals surface area contributed by atoms with E-state index in [1.807, 2.05) is 0 Å². The molecular formula is C20H25N3O7. The summed E-state index contributed by atoms with van der Waals surface area (Å²) in [4.78, 5) is 48.2. The second-order valence-electron chi connectivity index (χ2n) is 6.17. The predicted octanol–water partition coefficient (Wildman–Crippen LogP) is 2.32. The highest BCUT2D eigenvalue weighted by atomic mass is 16.5. The summed E-state index contributed by atoms with van der Waals surface area (Å²) in [6.07, 6.45) is -0.184. The maximum atomic E-state index is 12.5. The van der Waals surface area contributed by atoms with Crippen LogP contribution in [0.1, 0.15) is 37.6 Å². The van der Waals surface area contributed by atoms with Crippen molar-refractivity contribution in [3.8, 4) is 0 Å². The van der Waals surface area contributed by atoms with Crippen LogP contribution in [0.4, 0.5) is 15.3 Å². The molecule has 0 fully saturated rings. The van der Waals surface area contributed by atoms with E-state index in [-0.39, 0.29) is 36.7 Å². The quantitative estimate of drug-likeness (QED) is 0.435. The van der Waals surface area contributed by atoms with E-state index < -0.39 is 30.1 Å². The highest BCUT2D eigenvalue weighted by Crippen LogP contribution is 2.18. The monoisotopic (exact) mass is 419 g/mol. The van der Waals surface area contributed by atoms with Crippen molar-refractivity contribution < 1.29 is 33.4 Å². The second-order valence-corrected chi connectivity index (χ2v) is 6.17. The summed E-state index contributed by atoms with van der Waals surface area (Å²) >= 11 is 0. The van der Waals surface area contributed by atoms with Gasteiger partial charge in [-0.3, -0.25) is 5.32 Å². The van der Waals surface area contributed by atoms with Gasteiger partial charge in [-0.15, -0.1) is 0 Å². The molecular weight excluding hydrogens is 394 g/mol. The van der Waals surface area contributed by atoms with Crippen LogP contribution < -0.4 is 16.0 Å². The summed E-state index contributed by atoms with van der Waals surface area (Å²) in [5.41, 5.74) is 0.910. The number of anilines is 1. The summed E-state index contributed by atoms with van der Waals surface area (Å²) in [7, 11) is 0. The van der Waals surface area contributed by atoms with E-state index in [1.165, 1.54) is 12.1 Å². The topological polar surface area (TPSA) is 132 Å². The van der Waals surface area contributed by atoms with Crippen molar-refractivity contribution in [2.75, 3.05) is 25.1 Å². The Bertz CT molecular complexity index is 851. The number of esters is 2. The molecule has 0 radical (unpaired) electrons. The first-order valence-corrected chi connectivity index (χ1v) is 9.58. The molecule has 0 spiro atoms. The number of nitrogens with one attached hydrogen (secondary N) is 3. The van der Waals surface area contributed by atoms with E-state index in [0.717, 1.165) is 0 Å². The standard InChI is InChI=1S/C20H25N3O7/c1-4-14-16(18(25)28-5-2)15(23-19(26)22-14)11-30-17(24)12-8-7-9-13(10-12)21-20(27)29-6-3/h7-10,14H,4-6,11H2,1-3H3,(H,21,27)(H2,22,23,26). The Morgan fingerprint density at radius 3 is 2.43 bits per heavy atom. The Balaban J connectivity index is 2.15. The van der Waals surface area contributed by atoms with E-state index in [1.54, 1.807) is 32.9 Å². The number of benzene rings is 1. The smallest absolute Gasteiger partial charge is 0.411 e. The number of hydrogen-bond acceptors (Lipinski definition) is 7. The highest BCUT2D eigenvalue weighted by Gasteiger charge is 2.32. The molecule has 2 rings (SSSR count). The van der Waals surface area contributed by atoms with E-state index >= 15 is 0 Å². The second kappa shape index (κ2) is 10.8. The summed E-state index contributed by atoms with van der Waals surface area (Å²) < 4.78 is 15.1. The van der Waals surface area contributed by atoms with Crippen LogP contribution in [0, 0.1) is 0 Å². The molecule has 1 unspecified atom stereocenters. The Morgan fingerprint density at radius 1 is 1.03 bits per heavy atom. The van der Waals surface area contributed by atoms with E-state index in [4.69, 9.17) is 14.2 Å². The van der Waals surface area contributed by atoms with Crippen LogP contribution in [0.5, 0.6) is 0 Å². The Labute approximate surface area is 173 Å². The van der Waals surface area contributed by atoms with Crippen LogP contribution in [-0.2, 0) is 19.0 Å². The SMILES string of the molecule is CCOC(=O)Nc1cccc(C(=O)OCC2=C(C(=O)OCC)C(CC)NC(=O)N2)c1. The van der Waals surface area contributed by atoms with E-state index in [2.05, 4.69) is 16.0 Å². The van der Waals surface area contributed by atoms with Gasteiger partial charge in [0.25, 0.3) is 0 Å². The molecule has 162 valence electrons. The fourth-order valence-electron chi connectivity index (χ4n) is 2.81. The van der Waals surface area contributed by atoms with Gasteiger partial charge in [-0.1, -0.05) is 13.0 Å². The minimum Gasteiger partial charge on any atom is -0.463 e. The van der Waals surface area contributed by atoms with Crippen molar-refractivity contribution in [1.82, 2.24) is 10.6 Å². The van der Waals surface area contributed by atoms with Crippen LogP contribution in [0.2, 0.25) is 0 Å². The number of carbonyl (C=O) groups is 4. The first-order chi connectivity index (χ1) is 14.4. The molecule has 0 bridgehead atoms. The van der Waals surface area contributed by atoms with Crippen LogP contribution in [-0.4, -0.2) is 49.9 Å². The first kappa shape index (κ1) is 22.7. The van der Waals surface area contributed by atoms with Crippen molar-refractivity contribution in [3.63, 3.8) is 0 Å². The molecule has 1 atom stereocenters. The van der Waals surface area contributed by atoms with E-state index in [9.17, 15) is 19.2 Å². The fraction of sp³-hybridized carbons (Fsp3) is 0.400. The number of carbonyl (C=O) groups excluding carboxylic acids is 4. The molecule has 0 aliphatic carbocycles. The summed E-state index contributed by atoms with van der Waals surface area (Å²) in [5, 5.41) is 7.64. The highest BCUT2D eigenvalue weighted by molar-refractivity contribution is 5.95. The lowest BCUT2D eigenvalue weighted by Gasteiger charge is -2.28. The molecule has 0 saturated heterocycles. The van der Waals surface area contributed by atoms with Gasteiger partial charge >= 0.3 is 24.1 Å². The molecule has 1 aromatic carbocycles. The molecule has 1 aliphatic rings. The molecule has 10 nitrogen and oxygen atoms in total. The third-order valence-electron chi connectivity index (χ3n) is 4.11. The largest absolute Gasteiger partial charge is 0.463 e. The first-order valence-electron chi connectivity index (χ1n) is 9.58. The summed E-state index contributed by atoms with van der Waals surface area (Å²) in [6.45, 7) is 5.21. The minimum absolute atomic E-state index is 0.165. The van der Waals surface area contributed by atoms with Gasteiger partial charge in [0.15, 0.2) is 0 Å². The number of rotatable bonds is 8. The summed E-state index contributed by atoms with van der Waals surface area (Å²) in [6, 6.07) is 5.05.